The lowest BCUT2D eigenvalue weighted by Crippen LogP contribution is -2.63. The van der Waals surface area contributed by atoms with E-state index in [2.05, 4.69) is 388 Å². The molecule has 0 saturated heterocycles. The summed E-state index contributed by atoms with van der Waals surface area (Å²) < 4.78 is 20.5. The Balaban J connectivity index is 0.856. The Hall–Kier alpha value is -12.8. The highest BCUT2D eigenvalue weighted by Gasteiger charge is 2.49. The normalized spacial score (nSPS) is 13.3. The zero-order chi connectivity index (χ0) is 70.8. The van der Waals surface area contributed by atoms with Crippen LogP contribution in [-0.2, 0) is 10.8 Å². The van der Waals surface area contributed by atoms with E-state index in [1.54, 1.807) is 0 Å². The minimum absolute atomic E-state index is 0.277. The number of hydrogen-bond acceptors (Lipinski definition) is 4. The Bertz CT molecular complexity index is 5890. The fraction of sp³-hybridized carbons (Fsp3) is 0.0816. The van der Waals surface area contributed by atoms with Gasteiger partial charge in [0, 0.05) is 84.0 Å². The molecule has 502 valence electrons. The van der Waals surface area contributed by atoms with Crippen molar-refractivity contribution in [1.29, 1.82) is 0 Å². The average Bonchev–Trinajstić information content (AvgIpc) is 1.09. The van der Waals surface area contributed by atoms with Crippen molar-refractivity contribution in [2.24, 2.45) is 0 Å². The predicted octanol–water partition coefficient (Wildman–Crippen LogP) is 22.0. The lowest BCUT2D eigenvalue weighted by atomic mass is 9.31. The molecule has 0 atom stereocenters. The van der Waals surface area contributed by atoms with Crippen molar-refractivity contribution in [2.75, 3.05) is 9.80 Å². The minimum atomic E-state index is -0.289. The first-order valence-corrected chi connectivity index (χ1v) is 37.1. The van der Waals surface area contributed by atoms with Gasteiger partial charge in [-0.25, -0.2) is 0 Å². The number of benzene rings is 15. The summed E-state index contributed by atoms with van der Waals surface area (Å²) in [5.41, 5.74) is 31.0. The van der Waals surface area contributed by atoms with Gasteiger partial charge in [0.15, 0.2) is 0 Å². The van der Waals surface area contributed by atoms with Crippen molar-refractivity contribution in [3.8, 4) is 78.9 Å². The number of fused-ring (bicyclic) bond motifs is 14. The van der Waals surface area contributed by atoms with E-state index in [1.165, 1.54) is 43.6 Å². The average molecular weight is 1360 g/mol. The molecule has 106 heavy (non-hydrogen) atoms. The van der Waals surface area contributed by atoms with E-state index in [9.17, 15) is 0 Å². The summed E-state index contributed by atoms with van der Waals surface area (Å²) in [6.07, 6.45) is 0. The SMILES string of the molecule is CC(C)(C)c1cc2c3c(c1)N(c1c(-c4ccccc4)cccc1-c1ccccc1)c1cc(-n4c5ccccc5c5ccccc54)ccc1B3c1cc3c(cc1O2)Oc1cc(C(C)(C)C)cc2c1B3c1ccc(-n3c4ccccc4c4ccccc43)cc1N2c1c(-c2ccccc2)cccc1-c1ccccc1. The van der Waals surface area contributed by atoms with Gasteiger partial charge in [-0.1, -0.05) is 290 Å². The van der Waals surface area contributed by atoms with Crippen molar-refractivity contribution in [3.63, 3.8) is 0 Å². The summed E-state index contributed by atoms with van der Waals surface area (Å²) in [6.45, 7) is 13.4. The molecular weight excluding hydrogens is 1290 g/mol. The summed E-state index contributed by atoms with van der Waals surface area (Å²) in [7, 11) is 0. The zero-order valence-electron chi connectivity index (χ0n) is 59.9. The molecule has 4 aliphatic heterocycles. The molecule has 0 N–H and O–H groups in total. The first-order chi connectivity index (χ1) is 51.9. The van der Waals surface area contributed by atoms with E-state index in [0.29, 0.717) is 0 Å². The van der Waals surface area contributed by atoms with Crippen LogP contribution < -0.4 is 52.1 Å². The van der Waals surface area contributed by atoms with Gasteiger partial charge in [0.1, 0.15) is 23.0 Å². The standard InChI is InChI=1S/C98H72B2N4O2/c1-97(2,3)65-53-87-93-91(55-65)105-89-60-90-80(59-79(89)99(93)77-51-49-67(101-81-45-23-19-37-73(81)74-38-20-24-46-82(74)101)57-85(77)103(87)95-69(61-29-11-7-12-30-61)41-27-42-70(95)62-31-13-8-14-32-62)100-78-52-50-68(102-83-47-25-21-39-75(83)76-40-22-26-48-84(76)102)58-86(78)104(88-54-66(98(4,5)6)56-92(106-90)94(88)100)96-71(63-33-15-9-16-34-63)43-28-44-72(96)64-35-17-10-18-36-64/h7-60H,1-6H3. The maximum absolute atomic E-state index is 7.77. The van der Waals surface area contributed by atoms with Crippen LogP contribution in [0.2, 0.25) is 0 Å². The lowest BCUT2D eigenvalue weighted by Gasteiger charge is -2.44. The summed E-state index contributed by atoms with van der Waals surface area (Å²) in [5.74, 6) is 3.26. The Labute approximate surface area is 618 Å². The first-order valence-electron chi connectivity index (χ1n) is 37.1. The van der Waals surface area contributed by atoms with Gasteiger partial charge in [0.05, 0.1) is 33.4 Å². The topological polar surface area (TPSA) is 34.8 Å². The number of anilines is 6. The van der Waals surface area contributed by atoms with Crippen LogP contribution in [0.5, 0.6) is 23.0 Å². The molecule has 6 heterocycles. The minimum Gasteiger partial charge on any atom is -0.458 e. The van der Waals surface area contributed by atoms with Crippen molar-refractivity contribution in [1.82, 2.24) is 9.13 Å². The van der Waals surface area contributed by atoms with Crippen molar-refractivity contribution in [2.45, 2.75) is 52.4 Å². The molecule has 0 saturated carbocycles. The second-order valence-corrected chi connectivity index (χ2v) is 31.1. The molecule has 4 aliphatic rings. The third kappa shape index (κ3) is 9.39. The Morgan fingerprint density at radius 2 is 0.566 bits per heavy atom. The maximum atomic E-state index is 7.77. The van der Waals surface area contributed by atoms with E-state index in [1.807, 2.05) is 0 Å². The molecule has 0 unspecified atom stereocenters. The van der Waals surface area contributed by atoms with E-state index >= 15 is 0 Å². The molecular formula is C98H72B2N4O2. The monoisotopic (exact) mass is 1360 g/mol. The Kier molecular flexibility index (Phi) is 13.6. The number of nitrogens with zero attached hydrogens (tertiary/aromatic N) is 4. The first kappa shape index (κ1) is 61.9. The van der Waals surface area contributed by atoms with E-state index in [-0.39, 0.29) is 24.3 Å². The van der Waals surface area contributed by atoms with Gasteiger partial charge in [0.2, 0.25) is 0 Å². The molecule has 17 aromatic rings. The third-order valence-electron chi connectivity index (χ3n) is 22.9. The van der Waals surface area contributed by atoms with Gasteiger partial charge < -0.3 is 28.4 Å². The maximum Gasteiger partial charge on any atom is 0.256 e. The molecule has 6 nitrogen and oxygen atoms in total. The van der Waals surface area contributed by atoms with Crippen LogP contribution in [-0.4, -0.2) is 22.6 Å². The summed E-state index contributed by atoms with van der Waals surface area (Å²) in [6, 6.07) is 122. The van der Waals surface area contributed by atoms with Crippen molar-refractivity contribution in [3.05, 3.63) is 339 Å². The molecule has 0 amide bonds. The van der Waals surface area contributed by atoms with Crippen molar-refractivity contribution >= 4 is 124 Å². The van der Waals surface area contributed by atoms with Gasteiger partial charge in [-0.15, -0.1) is 0 Å². The second-order valence-electron chi connectivity index (χ2n) is 31.1. The quantitative estimate of drug-likeness (QED) is 0.142. The summed E-state index contributed by atoms with van der Waals surface area (Å²) >= 11 is 0. The molecule has 0 aliphatic carbocycles. The van der Waals surface area contributed by atoms with Gasteiger partial charge in [-0.3, -0.25) is 0 Å². The number of hydrogen-bond donors (Lipinski definition) is 0. The number of rotatable bonds is 8. The van der Waals surface area contributed by atoms with Crippen LogP contribution in [0, 0.1) is 0 Å². The molecule has 0 radical (unpaired) electrons. The Morgan fingerprint density at radius 1 is 0.255 bits per heavy atom. The number of aromatic nitrogens is 2. The van der Waals surface area contributed by atoms with E-state index < -0.39 is 0 Å². The molecule has 8 heteroatoms. The van der Waals surface area contributed by atoms with Crippen LogP contribution in [0.4, 0.5) is 34.1 Å². The highest BCUT2D eigenvalue weighted by Crippen LogP contribution is 2.54. The van der Waals surface area contributed by atoms with Gasteiger partial charge >= 0.3 is 0 Å². The predicted molar refractivity (Wildman–Crippen MR) is 446 cm³/mol. The van der Waals surface area contributed by atoms with Crippen LogP contribution in [0.15, 0.2) is 328 Å². The van der Waals surface area contributed by atoms with Gasteiger partial charge in [-0.05, 0) is 150 Å². The van der Waals surface area contributed by atoms with E-state index in [0.717, 1.165) is 157 Å². The highest BCUT2D eigenvalue weighted by atomic mass is 16.5. The fourth-order valence-electron chi connectivity index (χ4n) is 18.0. The molecule has 21 rings (SSSR count). The number of para-hydroxylation sites is 6. The van der Waals surface area contributed by atoms with Crippen molar-refractivity contribution < 1.29 is 9.47 Å². The van der Waals surface area contributed by atoms with Crippen LogP contribution in [0.25, 0.3) is 99.5 Å². The summed E-state index contributed by atoms with van der Waals surface area (Å²) in [4.78, 5) is 5.23. The smallest absolute Gasteiger partial charge is 0.256 e. The third-order valence-corrected chi connectivity index (χ3v) is 22.9. The summed E-state index contributed by atoms with van der Waals surface area (Å²) in [5, 5.41) is 4.87. The van der Waals surface area contributed by atoms with E-state index in [4.69, 9.17) is 9.47 Å². The largest absolute Gasteiger partial charge is 0.458 e. The second kappa shape index (κ2) is 23.4. The van der Waals surface area contributed by atoms with Gasteiger partial charge in [0.25, 0.3) is 13.4 Å². The number of ether oxygens (including phenoxy) is 2. The molecule has 15 aromatic carbocycles. The highest BCUT2D eigenvalue weighted by molar-refractivity contribution is 7.02. The molecule has 0 spiro atoms. The molecule has 0 bridgehead atoms. The van der Waals surface area contributed by atoms with Crippen LogP contribution in [0.1, 0.15) is 52.7 Å². The lowest BCUT2D eigenvalue weighted by molar-refractivity contribution is 0.462. The molecule has 0 fully saturated rings. The fourth-order valence-corrected chi connectivity index (χ4v) is 18.0. The Morgan fingerprint density at radius 3 is 0.887 bits per heavy atom. The molecule has 2 aromatic heterocycles. The van der Waals surface area contributed by atoms with Gasteiger partial charge in [-0.2, -0.15) is 0 Å². The van der Waals surface area contributed by atoms with Crippen LogP contribution in [0.3, 0.4) is 0 Å². The van der Waals surface area contributed by atoms with Crippen LogP contribution >= 0.6 is 0 Å². The zero-order valence-corrected chi connectivity index (χ0v) is 59.9.